The summed E-state index contributed by atoms with van der Waals surface area (Å²) in [6, 6.07) is 12.7. The Kier molecular flexibility index (Phi) is 6.21. The van der Waals surface area contributed by atoms with Gasteiger partial charge in [-0.3, -0.25) is 9.59 Å². The number of amides is 2. The molecule has 2 heterocycles. The van der Waals surface area contributed by atoms with E-state index in [4.69, 9.17) is 9.47 Å². The lowest BCUT2D eigenvalue weighted by atomic mass is 10.1. The quantitative estimate of drug-likeness (QED) is 0.529. The van der Waals surface area contributed by atoms with E-state index in [9.17, 15) is 9.59 Å². The van der Waals surface area contributed by atoms with Gasteiger partial charge >= 0.3 is 0 Å². The first kappa shape index (κ1) is 21.8. The van der Waals surface area contributed by atoms with Crippen molar-refractivity contribution in [2.45, 2.75) is 13.3 Å². The smallest absolute Gasteiger partial charge is 0.267 e. The van der Waals surface area contributed by atoms with Gasteiger partial charge in [-0.05, 0) is 48.4 Å². The van der Waals surface area contributed by atoms with E-state index in [0.29, 0.717) is 29.7 Å². The molecule has 4 rings (SSSR count). The van der Waals surface area contributed by atoms with Crippen LogP contribution in [0.1, 0.15) is 12.5 Å². The van der Waals surface area contributed by atoms with E-state index in [0.717, 1.165) is 23.4 Å². The molecule has 33 heavy (non-hydrogen) atoms. The second-order valence-corrected chi connectivity index (χ2v) is 7.28. The van der Waals surface area contributed by atoms with Gasteiger partial charge in [0.15, 0.2) is 5.75 Å². The first-order valence-corrected chi connectivity index (χ1v) is 10.3. The van der Waals surface area contributed by atoms with Gasteiger partial charge in [0.1, 0.15) is 5.75 Å². The average molecular weight is 445 g/mol. The van der Waals surface area contributed by atoms with Gasteiger partial charge in [0.2, 0.25) is 17.8 Å². The molecule has 3 aromatic rings. The summed E-state index contributed by atoms with van der Waals surface area (Å²) in [5.74, 6) is 1.06. The molecule has 9 nitrogen and oxygen atoms in total. The van der Waals surface area contributed by atoms with Gasteiger partial charge in [-0.1, -0.05) is 12.6 Å². The number of hydrogen-bond donors (Lipinski definition) is 2. The van der Waals surface area contributed by atoms with Crippen molar-refractivity contribution in [2.24, 2.45) is 0 Å². The van der Waals surface area contributed by atoms with Crippen LogP contribution in [0.25, 0.3) is 0 Å². The van der Waals surface area contributed by atoms with E-state index in [1.54, 1.807) is 36.1 Å². The molecule has 1 aliphatic rings. The normalized spacial score (nSPS) is 12.0. The lowest BCUT2D eigenvalue weighted by Crippen LogP contribution is -2.25. The maximum absolute atomic E-state index is 11.8. The van der Waals surface area contributed by atoms with Crippen LogP contribution in [0.2, 0.25) is 0 Å². The number of methoxy groups -OCH3 is 1. The summed E-state index contributed by atoms with van der Waals surface area (Å²) >= 11 is 0. The van der Waals surface area contributed by atoms with Crippen molar-refractivity contribution in [3.63, 3.8) is 0 Å². The number of carbonyl (C=O) groups is 2. The van der Waals surface area contributed by atoms with Crippen molar-refractivity contribution >= 4 is 34.8 Å². The molecule has 0 unspecified atom stereocenters. The molecule has 0 saturated carbocycles. The van der Waals surface area contributed by atoms with Crippen molar-refractivity contribution in [1.29, 1.82) is 0 Å². The number of nitrogens with one attached hydrogen (secondary N) is 2. The Hall–Kier alpha value is -4.40. The Morgan fingerprint density at radius 1 is 1.18 bits per heavy atom. The highest BCUT2D eigenvalue weighted by Crippen LogP contribution is 2.33. The molecule has 0 aliphatic carbocycles. The molecule has 1 aliphatic heterocycles. The fourth-order valence-electron chi connectivity index (χ4n) is 3.51. The van der Waals surface area contributed by atoms with E-state index in [1.165, 1.54) is 19.4 Å². The largest absolute Gasteiger partial charge is 0.490 e. The van der Waals surface area contributed by atoms with Crippen LogP contribution in [0.5, 0.6) is 17.4 Å². The molecule has 168 valence electrons. The van der Waals surface area contributed by atoms with Crippen LogP contribution in [0.15, 0.2) is 61.3 Å². The van der Waals surface area contributed by atoms with E-state index >= 15 is 0 Å². The van der Waals surface area contributed by atoms with Crippen molar-refractivity contribution in [2.75, 3.05) is 29.2 Å². The molecule has 1 aromatic heterocycles. The number of rotatable bonds is 7. The van der Waals surface area contributed by atoms with Gasteiger partial charge in [0, 0.05) is 36.6 Å². The third-order valence-electron chi connectivity index (χ3n) is 5.06. The SMILES string of the molecule is C=CC(=O)Nc1cccc(Oc2nc(Nc3ccc4c(c3)CCN4C(C)=O)ncc2OC)c1. The highest BCUT2D eigenvalue weighted by Gasteiger charge is 2.22. The van der Waals surface area contributed by atoms with Gasteiger partial charge in [0.25, 0.3) is 5.88 Å². The molecular weight excluding hydrogens is 422 g/mol. The standard InChI is InChI=1S/C24H23N5O4/c1-4-22(31)26-17-6-5-7-19(13-17)33-23-21(32-3)14-25-24(28-23)27-18-8-9-20-16(12-18)10-11-29(20)15(2)30/h4-9,12-14H,1,10-11H2,2-3H3,(H,26,31)(H,25,27,28). The second-order valence-electron chi connectivity index (χ2n) is 7.28. The molecule has 0 fully saturated rings. The number of nitrogens with zero attached hydrogens (tertiary/aromatic N) is 3. The number of hydrogen-bond acceptors (Lipinski definition) is 7. The van der Waals surface area contributed by atoms with Crippen LogP contribution in [0.4, 0.5) is 23.0 Å². The monoisotopic (exact) mass is 445 g/mol. The molecule has 2 amide bonds. The van der Waals surface area contributed by atoms with Crippen molar-refractivity contribution in [3.8, 4) is 17.4 Å². The van der Waals surface area contributed by atoms with Crippen LogP contribution < -0.4 is 25.0 Å². The fourth-order valence-corrected chi connectivity index (χ4v) is 3.51. The zero-order chi connectivity index (χ0) is 23.4. The lowest BCUT2D eigenvalue weighted by Gasteiger charge is -2.15. The van der Waals surface area contributed by atoms with Crippen molar-refractivity contribution in [3.05, 3.63) is 66.9 Å². The van der Waals surface area contributed by atoms with Gasteiger partial charge in [-0.15, -0.1) is 0 Å². The maximum atomic E-state index is 11.8. The fraction of sp³-hybridized carbons (Fsp3) is 0.167. The van der Waals surface area contributed by atoms with Crippen LogP contribution >= 0.6 is 0 Å². The number of carbonyl (C=O) groups excluding carboxylic acids is 2. The van der Waals surface area contributed by atoms with Crippen LogP contribution in [0, 0.1) is 0 Å². The van der Waals surface area contributed by atoms with E-state index in [-0.39, 0.29) is 17.7 Å². The minimum absolute atomic E-state index is 0.0304. The topological polar surface area (TPSA) is 106 Å². The van der Waals surface area contributed by atoms with Gasteiger partial charge in [-0.2, -0.15) is 4.98 Å². The summed E-state index contributed by atoms with van der Waals surface area (Å²) in [7, 11) is 1.50. The third kappa shape index (κ3) is 4.93. The third-order valence-corrected chi connectivity index (χ3v) is 5.06. The molecule has 0 radical (unpaired) electrons. The van der Waals surface area contributed by atoms with E-state index in [2.05, 4.69) is 27.2 Å². The number of anilines is 4. The summed E-state index contributed by atoms with van der Waals surface area (Å²) in [5, 5.41) is 5.85. The Morgan fingerprint density at radius 2 is 2.03 bits per heavy atom. The maximum Gasteiger partial charge on any atom is 0.267 e. The minimum Gasteiger partial charge on any atom is -0.490 e. The lowest BCUT2D eigenvalue weighted by molar-refractivity contribution is -0.116. The van der Waals surface area contributed by atoms with Crippen molar-refractivity contribution < 1.29 is 19.1 Å². The van der Waals surface area contributed by atoms with Crippen LogP contribution in [0.3, 0.4) is 0 Å². The number of ether oxygens (including phenoxy) is 2. The van der Waals surface area contributed by atoms with Crippen LogP contribution in [-0.4, -0.2) is 35.4 Å². The summed E-state index contributed by atoms with van der Waals surface area (Å²) in [6.07, 6.45) is 3.50. The number of fused-ring (bicyclic) bond motifs is 1. The summed E-state index contributed by atoms with van der Waals surface area (Å²) < 4.78 is 11.2. The first-order valence-electron chi connectivity index (χ1n) is 10.3. The molecule has 0 spiro atoms. The van der Waals surface area contributed by atoms with E-state index < -0.39 is 0 Å². The predicted octanol–water partition coefficient (Wildman–Crippen LogP) is 4.05. The predicted molar refractivity (Wildman–Crippen MR) is 125 cm³/mol. The van der Waals surface area contributed by atoms with Crippen molar-refractivity contribution in [1.82, 2.24) is 9.97 Å². The molecule has 2 N–H and O–H groups in total. The van der Waals surface area contributed by atoms with Gasteiger partial charge in [-0.25, -0.2) is 4.98 Å². The Bertz CT molecular complexity index is 1230. The van der Waals surface area contributed by atoms with Crippen LogP contribution in [-0.2, 0) is 16.0 Å². The Labute approximate surface area is 191 Å². The second kappa shape index (κ2) is 9.39. The molecule has 0 atom stereocenters. The molecule has 2 aromatic carbocycles. The highest BCUT2D eigenvalue weighted by molar-refractivity contribution is 5.99. The number of aromatic nitrogens is 2. The first-order chi connectivity index (χ1) is 16.0. The van der Waals surface area contributed by atoms with E-state index in [1.807, 2.05) is 18.2 Å². The zero-order valence-electron chi connectivity index (χ0n) is 18.3. The summed E-state index contributed by atoms with van der Waals surface area (Å²) in [4.78, 5) is 33.8. The minimum atomic E-state index is -0.320. The Balaban J connectivity index is 1.54. The Morgan fingerprint density at radius 3 is 2.79 bits per heavy atom. The molecule has 9 heteroatoms. The number of benzene rings is 2. The van der Waals surface area contributed by atoms with Gasteiger partial charge in [0.05, 0.1) is 13.3 Å². The summed E-state index contributed by atoms with van der Waals surface area (Å²) in [5.41, 5.74) is 3.36. The highest BCUT2D eigenvalue weighted by atomic mass is 16.5. The summed E-state index contributed by atoms with van der Waals surface area (Å²) in [6.45, 7) is 5.69. The molecule has 0 saturated heterocycles. The average Bonchev–Trinajstić information content (AvgIpc) is 3.23. The molecular formula is C24H23N5O4. The zero-order valence-corrected chi connectivity index (χ0v) is 18.3. The van der Waals surface area contributed by atoms with Gasteiger partial charge < -0.3 is 25.0 Å². The molecule has 0 bridgehead atoms.